The van der Waals surface area contributed by atoms with Crippen LogP contribution in [0.5, 0.6) is 0 Å². The lowest BCUT2D eigenvalue weighted by Gasteiger charge is -2.11. The minimum Gasteiger partial charge on any atom is -0.545 e. The van der Waals surface area contributed by atoms with E-state index in [4.69, 9.17) is 0 Å². The Bertz CT molecular complexity index is 867. The van der Waals surface area contributed by atoms with Gasteiger partial charge in [0.15, 0.2) is 0 Å². The van der Waals surface area contributed by atoms with Crippen LogP contribution in [0, 0.1) is 6.92 Å². The number of benzene rings is 2. The molecule has 3 amide bonds. The fourth-order valence-corrected chi connectivity index (χ4v) is 2.47. The normalized spacial score (nSPS) is 15.6. The van der Waals surface area contributed by atoms with Crippen molar-refractivity contribution in [2.75, 3.05) is 0 Å². The minimum atomic E-state index is -1.27. The molecule has 25 heavy (non-hydrogen) atoms. The molecule has 2 aromatic rings. The molecule has 2 aromatic carbocycles. The maximum atomic E-state index is 12.4. The number of imide groups is 1. The molecule has 0 saturated carbocycles. The number of hydrogen-bond acceptors (Lipinski definition) is 4. The molecule has 0 unspecified atom stereocenters. The van der Waals surface area contributed by atoms with Crippen molar-refractivity contribution in [2.24, 2.45) is 0 Å². The van der Waals surface area contributed by atoms with Gasteiger partial charge in [0.1, 0.15) is 5.70 Å². The van der Waals surface area contributed by atoms with Crippen LogP contribution < -0.4 is 10.4 Å². The number of aryl methyl sites for hydroxylation is 1. The fourth-order valence-electron chi connectivity index (χ4n) is 2.47. The first-order chi connectivity index (χ1) is 11.9. The highest BCUT2D eigenvalue weighted by Gasteiger charge is 2.33. The highest BCUT2D eigenvalue weighted by Crippen LogP contribution is 2.17. The third-order valence-corrected chi connectivity index (χ3v) is 3.88. The topological polar surface area (TPSA) is 89.5 Å². The van der Waals surface area contributed by atoms with Crippen LogP contribution in [-0.2, 0) is 11.3 Å². The molecular weight excluding hydrogens is 320 g/mol. The predicted octanol–water partition coefficient (Wildman–Crippen LogP) is 1.45. The van der Waals surface area contributed by atoms with Gasteiger partial charge in [-0.3, -0.25) is 9.69 Å². The first-order valence-corrected chi connectivity index (χ1v) is 7.65. The molecule has 6 heteroatoms. The van der Waals surface area contributed by atoms with Crippen LogP contribution in [0.4, 0.5) is 4.79 Å². The largest absolute Gasteiger partial charge is 0.545 e. The number of hydrogen-bond donors (Lipinski definition) is 1. The van der Waals surface area contributed by atoms with E-state index in [0.29, 0.717) is 5.56 Å². The monoisotopic (exact) mass is 335 g/mol. The second kappa shape index (κ2) is 6.60. The highest BCUT2D eigenvalue weighted by atomic mass is 16.4. The number of urea groups is 1. The lowest BCUT2D eigenvalue weighted by atomic mass is 10.1. The van der Waals surface area contributed by atoms with Crippen molar-refractivity contribution in [3.05, 3.63) is 76.5 Å². The number of carboxylic acids is 1. The lowest BCUT2D eigenvalue weighted by molar-refractivity contribution is -0.255. The molecule has 1 fully saturated rings. The molecule has 3 rings (SSSR count). The van der Waals surface area contributed by atoms with Crippen molar-refractivity contribution in [2.45, 2.75) is 13.5 Å². The molecule has 1 saturated heterocycles. The molecule has 1 N–H and O–H groups in total. The van der Waals surface area contributed by atoms with E-state index in [1.54, 1.807) is 12.1 Å². The summed E-state index contributed by atoms with van der Waals surface area (Å²) in [6, 6.07) is 12.9. The van der Waals surface area contributed by atoms with Crippen LogP contribution in [0.3, 0.4) is 0 Å². The first kappa shape index (κ1) is 16.4. The van der Waals surface area contributed by atoms with Crippen LogP contribution in [0.15, 0.2) is 54.2 Å². The zero-order chi connectivity index (χ0) is 18.0. The Labute approximate surface area is 144 Å². The second-order valence-electron chi connectivity index (χ2n) is 5.77. The summed E-state index contributed by atoms with van der Waals surface area (Å²) in [6.45, 7) is 2.15. The molecule has 1 aliphatic heterocycles. The molecule has 6 nitrogen and oxygen atoms in total. The number of amides is 3. The van der Waals surface area contributed by atoms with Crippen LogP contribution in [0.25, 0.3) is 6.08 Å². The number of aromatic carboxylic acids is 1. The highest BCUT2D eigenvalue weighted by molar-refractivity contribution is 6.13. The number of carbonyl (C=O) groups excluding carboxylic acids is 3. The smallest absolute Gasteiger partial charge is 0.329 e. The van der Waals surface area contributed by atoms with Gasteiger partial charge in [-0.2, -0.15) is 0 Å². The van der Waals surface area contributed by atoms with E-state index in [9.17, 15) is 19.5 Å². The van der Waals surface area contributed by atoms with Crippen molar-refractivity contribution < 1.29 is 19.5 Å². The first-order valence-electron chi connectivity index (χ1n) is 7.65. The van der Waals surface area contributed by atoms with E-state index in [0.717, 1.165) is 16.0 Å². The third-order valence-electron chi connectivity index (χ3n) is 3.88. The second-order valence-corrected chi connectivity index (χ2v) is 5.77. The van der Waals surface area contributed by atoms with Crippen molar-refractivity contribution in [1.29, 1.82) is 0 Å². The van der Waals surface area contributed by atoms with Gasteiger partial charge in [0.25, 0.3) is 5.91 Å². The summed E-state index contributed by atoms with van der Waals surface area (Å²) in [5.74, 6) is -1.69. The Hall–Kier alpha value is -3.41. The summed E-state index contributed by atoms with van der Waals surface area (Å²) in [7, 11) is 0. The zero-order valence-electron chi connectivity index (χ0n) is 13.5. The molecule has 0 atom stereocenters. The minimum absolute atomic E-state index is 0.0462. The Balaban J connectivity index is 1.78. The van der Waals surface area contributed by atoms with Crippen molar-refractivity contribution >= 4 is 24.0 Å². The maximum Gasteiger partial charge on any atom is 0.329 e. The standard InChI is InChI=1S/C19H16N2O4/c1-12-2-4-14(5-3-12)11-21-17(22)16(20-19(21)25)10-13-6-8-15(9-7-13)18(23)24/h2-10H,11H2,1H3,(H,20,25)(H,23,24)/p-1/b16-10+. The Morgan fingerprint density at radius 2 is 1.72 bits per heavy atom. The predicted molar refractivity (Wildman–Crippen MR) is 89.0 cm³/mol. The van der Waals surface area contributed by atoms with Gasteiger partial charge in [-0.1, -0.05) is 54.1 Å². The summed E-state index contributed by atoms with van der Waals surface area (Å²) in [5, 5.41) is 13.3. The SMILES string of the molecule is Cc1ccc(CN2C(=O)N/C(=C/c3ccc(C(=O)[O-])cc3)C2=O)cc1. The number of carbonyl (C=O) groups is 3. The number of nitrogens with one attached hydrogen (secondary N) is 1. The Morgan fingerprint density at radius 3 is 2.32 bits per heavy atom. The van der Waals surface area contributed by atoms with E-state index < -0.39 is 17.9 Å². The van der Waals surface area contributed by atoms with Crippen LogP contribution in [-0.4, -0.2) is 22.8 Å². The summed E-state index contributed by atoms with van der Waals surface area (Å²) in [6.07, 6.45) is 1.51. The van der Waals surface area contributed by atoms with Gasteiger partial charge in [0, 0.05) is 0 Å². The molecule has 0 spiro atoms. The molecule has 1 aliphatic rings. The van der Waals surface area contributed by atoms with Gasteiger partial charge < -0.3 is 15.2 Å². The molecular formula is C19H15N2O4-. The van der Waals surface area contributed by atoms with Gasteiger partial charge in [0.2, 0.25) is 0 Å². The zero-order valence-corrected chi connectivity index (χ0v) is 13.5. The summed E-state index contributed by atoms with van der Waals surface area (Å²) in [4.78, 5) is 36.4. The van der Waals surface area contributed by atoms with Gasteiger partial charge in [0.05, 0.1) is 12.5 Å². The quantitative estimate of drug-likeness (QED) is 0.676. The summed E-state index contributed by atoms with van der Waals surface area (Å²) in [5.41, 5.74) is 2.75. The fraction of sp³-hybridized carbons (Fsp3) is 0.105. The van der Waals surface area contributed by atoms with E-state index in [1.165, 1.54) is 18.2 Å². The van der Waals surface area contributed by atoms with Gasteiger partial charge in [-0.25, -0.2) is 4.79 Å². The van der Waals surface area contributed by atoms with Crippen molar-refractivity contribution in [1.82, 2.24) is 10.2 Å². The van der Waals surface area contributed by atoms with Gasteiger partial charge in [-0.05, 0) is 29.7 Å². The van der Waals surface area contributed by atoms with Crippen LogP contribution >= 0.6 is 0 Å². The summed E-state index contributed by atoms with van der Waals surface area (Å²) >= 11 is 0. The molecule has 126 valence electrons. The molecule has 1 heterocycles. The average Bonchev–Trinajstić information content (AvgIpc) is 2.85. The Morgan fingerprint density at radius 1 is 1.08 bits per heavy atom. The number of rotatable bonds is 4. The lowest BCUT2D eigenvalue weighted by Crippen LogP contribution is -2.30. The average molecular weight is 335 g/mol. The van der Waals surface area contributed by atoms with E-state index in [1.807, 2.05) is 31.2 Å². The van der Waals surface area contributed by atoms with E-state index in [-0.39, 0.29) is 17.8 Å². The number of carboxylic acid groups (broad SMARTS) is 1. The van der Waals surface area contributed by atoms with Gasteiger partial charge in [-0.15, -0.1) is 0 Å². The molecule has 0 aliphatic carbocycles. The van der Waals surface area contributed by atoms with Crippen molar-refractivity contribution in [3.63, 3.8) is 0 Å². The van der Waals surface area contributed by atoms with E-state index in [2.05, 4.69) is 5.32 Å². The van der Waals surface area contributed by atoms with Crippen LogP contribution in [0.2, 0.25) is 0 Å². The van der Waals surface area contributed by atoms with E-state index >= 15 is 0 Å². The molecule has 0 aromatic heterocycles. The maximum absolute atomic E-state index is 12.4. The molecule has 0 radical (unpaired) electrons. The van der Waals surface area contributed by atoms with Crippen molar-refractivity contribution in [3.8, 4) is 0 Å². The van der Waals surface area contributed by atoms with Crippen LogP contribution in [0.1, 0.15) is 27.0 Å². The number of nitrogens with zero attached hydrogens (tertiary/aromatic N) is 1. The summed E-state index contributed by atoms with van der Waals surface area (Å²) < 4.78 is 0. The third kappa shape index (κ3) is 3.58. The molecule has 0 bridgehead atoms. The van der Waals surface area contributed by atoms with Gasteiger partial charge >= 0.3 is 6.03 Å². The Kier molecular flexibility index (Phi) is 4.35.